The molecule has 0 saturated heterocycles. The first-order valence-electron chi connectivity index (χ1n) is 9.07. The minimum atomic E-state index is -0.0961. The number of carbonyl (C=O) groups excluding carboxylic acids is 1. The standard InChI is InChI=1S/C22H23NO3/c1-2-25-22(24)13-17-3-7-19-8-4-18(12-20(19)11-17)15-26-21-9-5-16(14-23)6-10-21/h4-6,8-10,12,17H,2-3,7,11,13,15H2,1H3. The predicted octanol–water partition coefficient (Wildman–Crippen LogP) is 4.20. The number of carbonyl (C=O) groups is 1. The van der Waals surface area contributed by atoms with E-state index < -0.39 is 0 Å². The molecule has 0 aliphatic heterocycles. The van der Waals surface area contributed by atoms with Crippen LogP contribution in [0.5, 0.6) is 5.75 Å². The lowest BCUT2D eigenvalue weighted by atomic mass is 9.81. The highest BCUT2D eigenvalue weighted by molar-refractivity contribution is 5.69. The van der Waals surface area contributed by atoms with Gasteiger partial charge in [-0.15, -0.1) is 0 Å². The van der Waals surface area contributed by atoms with Gasteiger partial charge in [-0.1, -0.05) is 18.2 Å². The molecule has 1 atom stereocenters. The average molecular weight is 349 g/mol. The molecule has 2 aromatic carbocycles. The number of aryl methyl sites for hydroxylation is 1. The van der Waals surface area contributed by atoms with Crippen molar-refractivity contribution in [1.29, 1.82) is 5.26 Å². The fraction of sp³-hybridized carbons (Fsp3) is 0.364. The van der Waals surface area contributed by atoms with E-state index >= 15 is 0 Å². The number of rotatable bonds is 6. The maximum Gasteiger partial charge on any atom is 0.306 e. The Hall–Kier alpha value is -2.80. The van der Waals surface area contributed by atoms with E-state index in [2.05, 4.69) is 24.3 Å². The molecule has 4 nitrogen and oxygen atoms in total. The van der Waals surface area contributed by atoms with Crippen molar-refractivity contribution < 1.29 is 14.3 Å². The first kappa shape index (κ1) is 18.0. The van der Waals surface area contributed by atoms with Crippen molar-refractivity contribution in [1.82, 2.24) is 0 Å². The van der Waals surface area contributed by atoms with Crippen molar-refractivity contribution in [3.05, 3.63) is 64.7 Å². The number of esters is 1. The molecule has 2 aromatic rings. The van der Waals surface area contributed by atoms with Gasteiger partial charge in [0.15, 0.2) is 0 Å². The molecule has 0 aromatic heterocycles. The molecule has 0 amide bonds. The zero-order valence-corrected chi connectivity index (χ0v) is 15.0. The first-order chi connectivity index (χ1) is 12.7. The third-order valence-corrected chi connectivity index (χ3v) is 4.75. The summed E-state index contributed by atoms with van der Waals surface area (Å²) in [6, 6.07) is 15.7. The summed E-state index contributed by atoms with van der Waals surface area (Å²) >= 11 is 0. The minimum absolute atomic E-state index is 0.0961. The van der Waals surface area contributed by atoms with Gasteiger partial charge in [-0.05, 0) is 73.1 Å². The van der Waals surface area contributed by atoms with E-state index in [9.17, 15) is 4.79 Å². The molecule has 0 N–H and O–H groups in total. The quantitative estimate of drug-likeness (QED) is 0.734. The Morgan fingerprint density at radius 1 is 1.19 bits per heavy atom. The van der Waals surface area contributed by atoms with E-state index in [1.165, 1.54) is 11.1 Å². The Kier molecular flexibility index (Phi) is 5.91. The summed E-state index contributed by atoms with van der Waals surface area (Å²) in [7, 11) is 0. The zero-order chi connectivity index (χ0) is 18.4. The smallest absolute Gasteiger partial charge is 0.306 e. The molecule has 0 bridgehead atoms. The van der Waals surface area contributed by atoms with Crippen molar-refractivity contribution in [2.24, 2.45) is 5.92 Å². The fourth-order valence-corrected chi connectivity index (χ4v) is 3.40. The van der Waals surface area contributed by atoms with Crippen molar-refractivity contribution >= 4 is 5.97 Å². The molecular weight excluding hydrogens is 326 g/mol. The van der Waals surface area contributed by atoms with Crippen molar-refractivity contribution in [2.75, 3.05) is 6.61 Å². The Morgan fingerprint density at radius 2 is 2.00 bits per heavy atom. The monoisotopic (exact) mass is 349 g/mol. The number of benzene rings is 2. The van der Waals surface area contributed by atoms with Crippen LogP contribution in [0.25, 0.3) is 0 Å². The molecule has 3 rings (SSSR count). The summed E-state index contributed by atoms with van der Waals surface area (Å²) in [5, 5.41) is 8.84. The van der Waals surface area contributed by atoms with Crippen LogP contribution in [0.2, 0.25) is 0 Å². The number of ether oxygens (including phenoxy) is 2. The molecular formula is C22H23NO3. The Balaban J connectivity index is 1.61. The molecule has 1 aliphatic rings. The minimum Gasteiger partial charge on any atom is -0.489 e. The number of hydrogen-bond donors (Lipinski definition) is 0. The second-order valence-corrected chi connectivity index (χ2v) is 6.65. The van der Waals surface area contributed by atoms with Crippen molar-refractivity contribution in [3.63, 3.8) is 0 Å². The Bertz CT molecular complexity index is 805. The van der Waals surface area contributed by atoms with Gasteiger partial charge >= 0.3 is 5.97 Å². The van der Waals surface area contributed by atoms with Crippen LogP contribution in [-0.4, -0.2) is 12.6 Å². The Labute approximate surface area is 154 Å². The van der Waals surface area contributed by atoms with Gasteiger partial charge in [0.05, 0.1) is 18.2 Å². The SMILES string of the molecule is CCOC(=O)CC1CCc2ccc(COc3ccc(C#N)cc3)cc2C1. The molecule has 0 saturated carbocycles. The van der Waals surface area contributed by atoms with Gasteiger partial charge in [0, 0.05) is 6.42 Å². The van der Waals surface area contributed by atoms with Crippen LogP contribution in [0, 0.1) is 17.2 Å². The van der Waals surface area contributed by atoms with Crippen LogP contribution >= 0.6 is 0 Å². The van der Waals surface area contributed by atoms with Gasteiger partial charge in [-0.25, -0.2) is 0 Å². The lowest BCUT2D eigenvalue weighted by molar-refractivity contribution is -0.144. The van der Waals surface area contributed by atoms with Crippen LogP contribution in [0.15, 0.2) is 42.5 Å². The summed E-state index contributed by atoms with van der Waals surface area (Å²) < 4.78 is 10.9. The molecule has 134 valence electrons. The fourth-order valence-electron chi connectivity index (χ4n) is 3.40. The topological polar surface area (TPSA) is 59.3 Å². The third-order valence-electron chi connectivity index (χ3n) is 4.75. The molecule has 0 fully saturated rings. The molecule has 1 aliphatic carbocycles. The second kappa shape index (κ2) is 8.53. The molecule has 1 unspecified atom stereocenters. The van der Waals surface area contributed by atoms with Gasteiger partial charge in [-0.3, -0.25) is 4.79 Å². The van der Waals surface area contributed by atoms with Crippen LogP contribution in [0.3, 0.4) is 0 Å². The highest BCUT2D eigenvalue weighted by Gasteiger charge is 2.21. The van der Waals surface area contributed by atoms with E-state index in [-0.39, 0.29) is 5.97 Å². The summed E-state index contributed by atoms with van der Waals surface area (Å²) in [6.07, 6.45) is 3.46. The molecule has 26 heavy (non-hydrogen) atoms. The average Bonchev–Trinajstić information content (AvgIpc) is 2.66. The van der Waals surface area contributed by atoms with Crippen LogP contribution in [0.1, 0.15) is 42.0 Å². The number of fused-ring (bicyclic) bond motifs is 1. The van der Waals surface area contributed by atoms with E-state index in [1.54, 1.807) is 12.1 Å². The van der Waals surface area contributed by atoms with E-state index in [4.69, 9.17) is 14.7 Å². The lowest BCUT2D eigenvalue weighted by Crippen LogP contribution is -2.19. The lowest BCUT2D eigenvalue weighted by Gasteiger charge is -2.24. The van der Waals surface area contributed by atoms with Crippen molar-refractivity contribution in [3.8, 4) is 11.8 Å². The number of nitrogens with zero attached hydrogens (tertiary/aromatic N) is 1. The van der Waals surface area contributed by atoms with Gasteiger partial charge < -0.3 is 9.47 Å². The molecule has 0 spiro atoms. The van der Waals surface area contributed by atoms with E-state index in [0.29, 0.717) is 31.1 Å². The molecule has 0 heterocycles. The van der Waals surface area contributed by atoms with E-state index in [0.717, 1.165) is 30.6 Å². The maximum atomic E-state index is 11.7. The number of hydrogen-bond acceptors (Lipinski definition) is 4. The largest absolute Gasteiger partial charge is 0.489 e. The summed E-state index contributed by atoms with van der Waals surface area (Å²) in [4.78, 5) is 11.7. The predicted molar refractivity (Wildman–Crippen MR) is 98.7 cm³/mol. The molecule has 4 heteroatoms. The van der Waals surface area contributed by atoms with E-state index in [1.807, 2.05) is 19.1 Å². The summed E-state index contributed by atoms with van der Waals surface area (Å²) in [6.45, 7) is 2.77. The van der Waals surface area contributed by atoms with Gasteiger partial charge in [-0.2, -0.15) is 5.26 Å². The zero-order valence-electron chi connectivity index (χ0n) is 15.0. The van der Waals surface area contributed by atoms with Gasteiger partial charge in [0.2, 0.25) is 0 Å². The highest BCUT2D eigenvalue weighted by atomic mass is 16.5. The van der Waals surface area contributed by atoms with Crippen LogP contribution < -0.4 is 4.74 Å². The Morgan fingerprint density at radius 3 is 2.73 bits per heavy atom. The van der Waals surface area contributed by atoms with Crippen LogP contribution in [0.4, 0.5) is 0 Å². The highest BCUT2D eigenvalue weighted by Crippen LogP contribution is 2.29. The maximum absolute atomic E-state index is 11.7. The van der Waals surface area contributed by atoms with Gasteiger partial charge in [0.1, 0.15) is 12.4 Å². The van der Waals surface area contributed by atoms with Gasteiger partial charge in [0.25, 0.3) is 0 Å². The summed E-state index contributed by atoms with van der Waals surface area (Å²) in [5.74, 6) is 1.01. The number of nitriles is 1. The summed E-state index contributed by atoms with van der Waals surface area (Å²) in [5.41, 5.74) is 4.42. The van der Waals surface area contributed by atoms with Crippen molar-refractivity contribution in [2.45, 2.75) is 39.2 Å². The second-order valence-electron chi connectivity index (χ2n) is 6.65. The normalized spacial score (nSPS) is 15.6. The van der Waals surface area contributed by atoms with Crippen LogP contribution in [-0.2, 0) is 29.0 Å². The molecule has 0 radical (unpaired) electrons. The third kappa shape index (κ3) is 4.64. The first-order valence-corrected chi connectivity index (χ1v) is 9.07.